The number of carbonyl (C=O) groups excluding carboxylic acids is 2. The van der Waals surface area contributed by atoms with E-state index in [0.29, 0.717) is 33.8 Å². The Morgan fingerprint density at radius 1 is 1.37 bits per heavy atom. The fourth-order valence-electron chi connectivity index (χ4n) is 3.58. The van der Waals surface area contributed by atoms with Gasteiger partial charge in [0.05, 0.1) is 23.4 Å². The topological polar surface area (TPSA) is 81.5 Å². The second kappa shape index (κ2) is 7.53. The van der Waals surface area contributed by atoms with E-state index >= 15 is 0 Å². The van der Waals surface area contributed by atoms with E-state index in [2.05, 4.69) is 11.6 Å². The summed E-state index contributed by atoms with van der Waals surface area (Å²) in [5.41, 5.74) is 1.58. The highest BCUT2D eigenvalue weighted by Crippen LogP contribution is 2.34. The number of carbonyl (C=O) groups is 2. The molecule has 1 amide bonds. The molecule has 1 aliphatic heterocycles. The van der Waals surface area contributed by atoms with Crippen LogP contribution < -0.4 is 15.2 Å². The van der Waals surface area contributed by atoms with Gasteiger partial charge in [-0.3, -0.25) is 19.0 Å². The molecule has 0 fully saturated rings. The minimum Gasteiger partial charge on any atom is -0.482 e. The molecule has 0 bridgehead atoms. The van der Waals surface area contributed by atoms with Gasteiger partial charge >= 0.3 is 0 Å². The number of ether oxygens (including phenoxy) is 1. The first kappa shape index (κ1) is 20.0. The van der Waals surface area contributed by atoms with Crippen molar-refractivity contribution in [3.05, 3.63) is 63.5 Å². The molecule has 1 atom stereocenters. The van der Waals surface area contributed by atoms with Crippen LogP contribution in [0.4, 0.5) is 5.69 Å². The quantitative estimate of drug-likeness (QED) is 0.464. The molecular weight excluding hydrogens is 402 g/mol. The highest BCUT2D eigenvalue weighted by atomic mass is 32.1. The molecule has 0 saturated heterocycles. The third kappa shape index (κ3) is 3.13. The number of thiophene rings is 1. The van der Waals surface area contributed by atoms with Gasteiger partial charge in [-0.15, -0.1) is 17.9 Å². The van der Waals surface area contributed by atoms with Gasteiger partial charge in [0.2, 0.25) is 0 Å². The second-order valence-corrected chi connectivity index (χ2v) is 8.43. The van der Waals surface area contributed by atoms with Crippen LogP contribution in [0.3, 0.4) is 0 Å². The van der Waals surface area contributed by atoms with Crippen molar-refractivity contribution >= 4 is 38.9 Å². The molecular formula is C22H21N3O4S. The van der Waals surface area contributed by atoms with E-state index in [1.165, 1.54) is 27.1 Å². The minimum absolute atomic E-state index is 0.0506. The lowest BCUT2D eigenvalue weighted by molar-refractivity contribution is -0.121. The normalized spacial score (nSPS) is 14.4. The van der Waals surface area contributed by atoms with Gasteiger partial charge in [0.1, 0.15) is 10.6 Å². The smallest absolute Gasteiger partial charge is 0.265 e. The SMILES string of the molecule is C=CCN1C(=O)COc2ccc(C(=O)C(C)n3cnc4sc(C)c(C)c4c3=O)cc21. The number of anilines is 1. The molecule has 0 radical (unpaired) electrons. The molecule has 1 aliphatic rings. The van der Waals surface area contributed by atoms with Gasteiger partial charge in [0, 0.05) is 17.0 Å². The molecule has 0 aliphatic carbocycles. The van der Waals surface area contributed by atoms with Crippen LogP contribution in [0.2, 0.25) is 0 Å². The summed E-state index contributed by atoms with van der Waals surface area (Å²) < 4.78 is 6.84. The maximum Gasteiger partial charge on any atom is 0.265 e. The number of ketones is 1. The average Bonchev–Trinajstić information content (AvgIpc) is 3.03. The predicted octanol–water partition coefficient (Wildman–Crippen LogP) is 3.43. The van der Waals surface area contributed by atoms with Gasteiger partial charge in [-0.2, -0.15) is 0 Å². The molecule has 0 spiro atoms. The molecule has 7 nitrogen and oxygen atoms in total. The summed E-state index contributed by atoms with van der Waals surface area (Å²) in [7, 11) is 0. The fraction of sp³-hybridized carbons (Fsp3) is 0.273. The molecule has 30 heavy (non-hydrogen) atoms. The fourth-order valence-corrected chi connectivity index (χ4v) is 4.56. The lowest BCUT2D eigenvalue weighted by Crippen LogP contribution is -2.39. The second-order valence-electron chi connectivity index (χ2n) is 7.22. The van der Waals surface area contributed by atoms with E-state index in [4.69, 9.17) is 4.74 Å². The van der Waals surface area contributed by atoms with Crippen LogP contribution in [-0.2, 0) is 4.79 Å². The average molecular weight is 423 g/mol. The monoisotopic (exact) mass is 423 g/mol. The van der Waals surface area contributed by atoms with E-state index < -0.39 is 6.04 Å². The van der Waals surface area contributed by atoms with Gasteiger partial charge in [-0.1, -0.05) is 6.08 Å². The first-order valence-corrected chi connectivity index (χ1v) is 10.3. The van der Waals surface area contributed by atoms with Gasteiger partial charge in [-0.05, 0) is 44.5 Å². The van der Waals surface area contributed by atoms with Crippen molar-refractivity contribution in [2.75, 3.05) is 18.1 Å². The third-order valence-electron chi connectivity index (χ3n) is 5.41. The lowest BCUT2D eigenvalue weighted by Gasteiger charge is -2.29. The van der Waals surface area contributed by atoms with Crippen molar-refractivity contribution < 1.29 is 14.3 Å². The first-order chi connectivity index (χ1) is 14.3. The van der Waals surface area contributed by atoms with E-state index in [0.717, 1.165) is 10.4 Å². The number of nitrogens with zero attached hydrogens (tertiary/aromatic N) is 3. The standard InChI is InChI=1S/C22H21N3O4S/c1-5-8-24-16-9-15(6-7-17(16)29-10-18(24)26)20(27)13(3)25-11-23-21-19(22(25)28)12(2)14(4)30-21/h5-7,9,11,13H,1,8,10H2,2-4H3. The van der Waals surface area contributed by atoms with Crippen LogP contribution >= 0.6 is 11.3 Å². The van der Waals surface area contributed by atoms with Gasteiger partial charge in [0.15, 0.2) is 12.4 Å². The zero-order chi connectivity index (χ0) is 21.6. The summed E-state index contributed by atoms with van der Waals surface area (Å²) in [6.45, 7) is 9.47. The molecule has 1 aromatic carbocycles. The Kier molecular flexibility index (Phi) is 5.03. The minimum atomic E-state index is -0.750. The largest absolute Gasteiger partial charge is 0.482 e. The number of rotatable bonds is 5. The van der Waals surface area contributed by atoms with Crippen molar-refractivity contribution in [1.82, 2.24) is 9.55 Å². The molecule has 2 aromatic heterocycles. The number of aryl methyl sites for hydroxylation is 2. The summed E-state index contributed by atoms with van der Waals surface area (Å²) in [5.74, 6) is 0.0849. The van der Waals surface area contributed by atoms with Gasteiger partial charge in [0.25, 0.3) is 11.5 Å². The van der Waals surface area contributed by atoms with Crippen molar-refractivity contribution in [2.45, 2.75) is 26.8 Å². The number of benzene rings is 1. The highest BCUT2D eigenvalue weighted by Gasteiger charge is 2.27. The number of hydrogen-bond acceptors (Lipinski definition) is 6. The number of Topliss-reactive ketones (excluding diaryl/α,β-unsaturated/α-hetero) is 1. The summed E-state index contributed by atoms with van der Waals surface area (Å²) in [4.78, 5) is 46.1. The molecule has 1 unspecified atom stereocenters. The van der Waals surface area contributed by atoms with Crippen LogP contribution in [0.15, 0.2) is 42.0 Å². The van der Waals surface area contributed by atoms with Gasteiger partial charge < -0.3 is 9.64 Å². The highest BCUT2D eigenvalue weighted by molar-refractivity contribution is 7.18. The van der Waals surface area contributed by atoms with Crippen LogP contribution in [0, 0.1) is 13.8 Å². The third-order valence-corrected chi connectivity index (χ3v) is 6.52. The molecule has 4 rings (SSSR count). The molecule has 0 N–H and O–H groups in total. The Bertz CT molecular complexity index is 1260. The van der Waals surface area contributed by atoms with E-state index in [1.54, 1.807) is 31.2 Å². The van der Waals surface area contributed by atoms with Crippen LogP contribution in [0.25, 0.3) is 10.2 Å². The van der Waals surface area contributed by atoms with Crippen molar-refractivity contribution in [3.63, 3.8) is 0 Å². The zero-order valence-corrected chi connectivity index (χ0v) is 17.8. The Balaban J connectivity index is 1.73. The Morgan fingerprint density at radius 3 is 2.87 bits per heavy atom. The number of hydrogen-bond donors (Lipinski definition) is 0. The number of fused-ring (bicyclic) bond motifs is 2. The molecule has 0 saturated carbocycles. The van der Waals surface area contributed by atoms with Gasteiger partial charge in [-0.25, -0.2) is 4.98 Å². The summed E-state index contributed by atoms with van der Waals surface area (Å²) in [6, 6.07) is 4.21. The van der Waals surface area contributed by atoms with Crippen molar-refractivity contribution in [2.24, 2.45) is 0 Å². The number of amides is 1. The Morgan fingerprint density at radius 2 is 2.13 bits per heavy atom. The van der Waals surface area contributed by atoms with Crippen molar-refractivity contribution in [1.29, 1.82) is 0 Å². The van der Waals surface area contributed by atoms with Crippen LogP contribution in [-0.4, -0.2) is 34.4 Å². The molecule has 3 aromatic rings. The summed E-state index contributed by atoms with van der Waals surface area (Å²) in [5, 5.41) is 0.557. The number of aromatic nitrogens is 2. The maximum atomic E-state index is 13.2. The Hall–Kier alpha value is -3.26. The maximum absolute atomic E-state index is 13.2. The molecule has 3 heterocycles. The van der Waals surface area contributed by atoms with Crippen LogP contribution in [0.5, 0.6) is 5.75 Å². The molecule has 8 heteroatoms. The van der Waals surface area contributed by atoms with E-state index in [9.17, 15) is 14.4 Å². The molecule has 154 valence electrons. The van der Waals surface area contributed by atoms with E-state index in [1.807, 2.05) is 13.8 Å². The summed E-state index contributed by atoms with van der Waals surface area (Å²) >= 11 is 1.47. The summed E-state index contributed by atoms with van der Waals surface area (Å²) in [6.07, 6.45) is 3.05. The first-order valence-electron chi connectivity index (χ1n) is 9.52. The Labute approximate surface area is 177 Å². The van der Waals surface area contributed by atoms with Crippen molar-refractivity contribution in [3.8, 4) is 5.75 Å². The zero-order valence-electron chi connectivity index (χ0n) is 17.0. The predicted molar refractivity (Wildman–Crippen MR) is 117 cm³/mol. The lowest BCUT2D eigenvalue weighted by atomic mass is 10.0. The van der Waals surface area contributed by atoms with E-state index in [-0.39, 0.29) is 23.9 Å². The van der Waals surface area contributed by atoms with Crippen LogP contribution in [0.1, 0.15) is 33.8 Å².